The fraction of sp³-hybridized carbons (Fsp3) is 0.462. The van der Waals surface area contributed by atoms with Crippen LogP contribution in [0.5, 0.6) is 0 Å². The van der Waals surface area contributed by atoms with Gasteiger partial charge >= 0.3 is 5.51 Å². The molecule has 20 heavy (non-hydrogen) atoms. The zero-order chi connectivity index (χ0) is 15.0. The van der Waals surface area contributed by atoms with Crippen molar-refractivity contribution in [2.75, 3.05) is 11.9 Å². The smallest absolute Gasteiger partial charge is 0.330 e. The summed E-state index contributed by atoms with van der Waals surface area (Å²) in [6.45, 7) is 0.576. The van der Waals surface area contributed by atoms with E-state index >= 15 is 0 Å². The summed E-state index contributed by atoms with van der Waals surface area (Å²) in [4.78, 5) is 11.7. The molecule has 0 fully saturated rings. The molecule has 1 aromatic rings. The second-order valence-corrected chi connectivity index (χ2v) is 5.30. The second-order valence-electron chi connectivity index (χ2n) is 4.19. The Bertz CT molecular complexity index is 438. The van der Waals surface area contributed by atoms with Crippen molar-refractivity contribution in [3.8, 4) is 0 Å². The minimum atomic E-state index is -4.37. The molecule has 7 heteroatoms. The quantitative estimate of drug-likeness (QED) is 0.596. The summed E-state index contributed by atoms with van der Waals surface area (Å²) in [6.07, 6.45) is 2.64. The molecule has 0 unspecified atom stereocenters. The third-order valence-corrected chi connectivity index (χ3v) is 3.30. The van der Waals surface area contributed by atoms with Crippen LogP contribution in [0.15, 0.2) is 29.2 Å². The fourth-order valence-corrected chi connectivity index (χ4v) is 2.23. The van der Waals surface area contributed by atoms with Gasteiger partial charge < -0.3 is 11.1 Å². The van der Waals surface area contributed by atoms with Crippen LogP contribution >= 0.6 is 11.8 Å². The van der Waals surface area contributed by atoms with Crippen LogP contribution in [0.3, 0.4) is 0 Å². The summed E-state index contributed by atoms with van der Waals surface area (Å²) in [6, 6.07) is 5.89. The standard InChI is InChI=1S/C13H17F3N2OS/c14-13(15,16)20-11-7-4-3-6-10(11)18-12(19)8-2-1-5-9-17/h3-4,6-7H,1-2,5,8-9,17H2,(H,18,19). The van der Waals surface area contributed by atoms with Crippen LogP contribution in [-0.4, -0.2) is 18.0 Å². The Morgan fingerprint density at radius 2 is 1.90 bits per heavy atom. The van der Waals surface area contributed by atoms with Gasteiger partial charge in [-0.05, 0) is 43.3 Å². The van der Waals surface area contributed by atoms with Gasteiger partial charge in [0.1, 0.15) is 0 Å². The predicted molar refractivity (Wildman–Crippen MR) is 74.5 cm³/mol. The van der Waals surface area contributed by atoms with Crippen LogP contribution in [0.1, 0.15) is 25.7 Å². The number of nitrogens with two attached hydrogens (primary N) is 1. The maximum Gasteiger partial charge on any atom is 0.446 e. The van der Waals surface area contributed by atoms with Gasteiger partial charge in [0.15, 0.2) is 0 Å². The highest BCUT2D eigenvalue weighted by molar-refractivity contribution is 8.00. The van der Waals surface area contributed by atoms with E-state index in [0.29, 0.717) is 13.0 Å². The van der Waals surface area contributed by atoms with E-state index in [1.807, 2.05) is 0 Å². The van der Waals surface area contributed by atoms with Crippen molar-refractivity contribution in [2.24, 2.45) is 5.73 Å². The summed E-state index contributed by atoms with van der Waals surface area (Å²) >= 11 is -0.230. The Hall–Kier alpha value is -1.21. The maximum absolute atomic E-state index is 12.4. The van der Waals surface area contributed by atoms with Crippen LogP contribution in [0.4, 0.5) is 18.9 Å². The van der Waals surface area contributed by atoms with Crippen molar-refractivity contribution in [3.05, 3.63) is 24.3 Å². The van der Waals surface area contributed by atoms with E-state index in [-0.39, 0.29) is 34.7 Å². The van der Waals surface area contributed by atoms with Gasteiger partial charge in [-0.1, -0.05) is 18.6 Å². The van der Waals surface area contributed by atoms with E-state index in [9.17, 15) is 18.0 Å². The molecule has 0 aliphatic carbocycles. The predicted octanol–water partition coefficient (Wildman–Crippen LogP) is 3.76. The summed E-state index contributed by atoms with van der Waals surface area (Å²) in [5, 5.41) is 2.52. The number of thioether (sulfide) groups is 1. The monoisotopic (exact) mass is 306 g/mol. The van der Waals surface area contributed by atoms with E-state index in [2.05, 4.69) is 5.32 Å². The normalized spacial score (nSPS) is 11.4. The number of benzene rings is 1. The van der Waals surface area contributed by atoms with Gasteiger partial charge in [0, 0.05) is 11.3 Å². The SMILES string of the molecule is NCCCCCC(=O)Nc1ccccc1SC(F)(F)F. The molecule has 0 spiro atoms. The number of unbranched alkanes of at least 4 members (excludes halogenated alkanes) is 2. The van der Waals surface area contributed by atoms with E-state index < -0.39 is 5.51 Å². The molecular weight excluding hydrogens is 289 g/mol. The number of hydrogen-bond acceptors (Lipinski definition) is 3. The zero-order valence-electron chi connectivity index (χ0n) is 10.9. The number of hydrogen-bond donors (Lipinski definition) is 2. The minimum absolute atomic E-state index is 0.00434. The Morgan fingerprint density at radius 1 is 1.20 bits per heavy atom. The number of nitrogens with one attached hydrogen (secondary N) is 1. The van der Waals surface area contributed by atoms with Gasteiger partial charge in [-0.3, -0.25) is 4.79 Å². The average molecular weight is 306 g/mol. The van der Waals surface area contributed by atoms with Crippen molar-refractivity contribution >= 4 is 23.4 Å². The maximum atomic E-state index is 12.4. The Kier molecular flexibility index (Phi) is 6.87. The van der Waals surface area contributed by atoms with E-state index in [1.54, 1.807) is 6.07 Å². The van der Waals surface area contributed by atoms with E-state index in [1.165, 1.54) is 18.2 Å². The summed E-state index contributed by atoms with van der Waals surface area (Å²) < 4.78 is 37.2. The number of carbonyl (C=O) groups excluding carboxylic acids is 1. The molecule has 0 aliphatic heterocycles. The molecule has 112 valence electrons. The minimum Gasteiger partial charge on any atom is -0.330 e. The number of amides is 1. The summed E-state index contributed by atoms with van der Waals surface area (Å²) in [5.41, 5.74) is 1.16. The van der Waals surface area contributed by atoms with E-state index in [4.69, 9.17) is 5.73 Å². The van der Waals surface area contributed by atoms with Gasteiger partial charge in [0.2, 0.25) is 5.91 Å². The van der Waals surface area contributed by atoms with E-state index in [0.717, 1.165) is 12.8 Å². The molecule has 0 aromatic heterocycles. The number of para-hydroxylation sites is 1. The number of halogens is 3. The van der Waals surface area contributed by atoms with Crippen molar-refractivity contribution in [1.29, 1.82) is 0 Å². The van der Waals surface area contributed by atoms with Crippen LogP contribution in [0.2, 0.25) is 0 Å². The third-order valence-electron chi connectivity index (χ3n) is 2.49. The first kappa shape index (κ1) is 16.8. The third kappa shape index (κ3) is 6.81. The number of rotatable bonds is 7. The Morgan fingerprint density at radius 3 is 2.55 bits per heavy atom. The molecular formula is C13H17F3N2OS. The van der Waals surface area contributed by atoms with Crippen LogP contribution in [-0.2, 0) is 4.79 Å². The molecule has 0 atom stereocenters. The first-order chi connectivity index (χ1) is 9.42. The Balaban J connectivity index is 2.56. The molecule has 0 bridgehead atoms. The van der Waals surface area contributed by atoms with Gasteiger partial charge in [-0.2, -0.15) is 13.2 Å². The van der Waals surface area contributed by atoms with Crippen molar-refractivity contribution in [2.45, 2.75) is 36.1 Å². The molecule has 3 N–H and O–H groups in total. The molecule has 3 nitrogen and oxygen atoms in total. The molecule has 1 rings (SSSR count). The number of anilines is 1. The van der Waals surface area contributed by atoms with Gasteiger partial charge in [-0.15, -0.1) is 0 Å². The van der Waals surface area contributed by atoms with Gasteiger partial charge in [0.05, 0.1) is 5.69 Å². The van der Waals surface area contributed by atoms with Crippen molar-refractivity contribution in [3.63, 3.8) is 0 Å². The molecule has 0 radical (unpaired) electrons. The lowest BCUT2D eigenvalue weighted by Gasteiger charge is -2.12. The first-order valence-corrected chi connectivity index (χ1v) is 7.08. The van der Waals surface area contributed by atoms with Crippen LogP contribution in [0.25, 0.3) is 0 Å². The lowest BCUT2D eigenvalue weighted by atomic mass is 10.2. The molecule has 0 aliphatic rings. The molecule has 1 aromatic carbocycles. The number of alkyl halides is 3. The van der Waals surface area contributed by atoms with Crippen molar-refractivity contribution in [1.82, 2.24) is 0 Å². The number of carbonyl (C=O) groups is 1. The molecule has 0 saturated heterocycles. The average Bonchev–Trinajstić information content (AvgIpc) is 2.35. The summed E-state index contributed by atoms with van der Waals surface area (Å²) in [7, 11) is 0. The van der Waals surface area contributed by atoms with Crippen LogP contribution < -0.4 is 11.1 Å². The topological polar surface area (TPSA) is 55.1 Å². The zero-order valence-corrected chi connectivity index (χ0v) is 11.7. The largest absolute Gasteiger partial charge is 0.446 e. The fourth-order valence-electron chi connectivity index (χ4n) is 1.60. The highest BCUT2D eigenvalue weighted by Crippen LogP contribution is 2.40. The highest BCUT2D eigenvalue weighted by Gasteiger charge is 2.30. The molecule has 1 amide bonds. The van der Waals surface area contributed by atoms with Crippen molar-refractivity contribution < 1.29 is 18.0 Å². The lowest BCUT2D eigenvalue weighted by Crippen LogP contribution is -2.12. The van der Waals surface area contributed by atoms with Gasteiger partial charge in [-0.25, -0.2) is 0 Å². The second kappa shape index (κ2) is 8.16. The summed E-state index contributed by atoms with van der Waals surface area (Å²) in [5.74, 6) is -0.280. The lowest BCUT2D eigenvalue weighted by molar-refractivity contribution is -0.116. The van der Waals surface area contributed by atoms with Gasteiger partial charge in [0.25, 0.3) is 0 Å². The highest BCUT2D eigenvalue weighted by atomic mass is 32.2. The van der Waals surface area contributed by atoms with Crippen LogP contribution in [0, 0.1) is 0 Å². The first-order valence-electron chi connectivity index (χ1n) is 6.27. The molecule has 0 heterocycles. The Labute approximate surface area is 120 Å². The molecule has 0 saturated carbocycles.